The molecule has 0 N–H and O–H groups in total. The minimum atomic E-state index is -0.927. The molecule has 0 aromatic heterocycles. The average molecular weight is 549 g/mol. The first-order valence-electron chi connectivity index (χ1n) is 15.1. The molecule has 0 spiro atoms. The standard InChI is InChI=1S/C31H48O8/c1-7-36-29(35)39-27(34)11-8-18(2)23-9-10-24-28-25(13-15-31(23,24)6)30(5)14-12-22(37-19(3)32)16-21(30)17-26(28)38-20(4)33/h18,21-26,28H,7-17H2,1-6H3/t18-,21+,22-,23-,24+,25+,26-,28+,30+,31-/m1/s1. The molecule has 4 aliphatic rings. The fourth-order valence-corrected chi connectivity index (χ4v) is 9.65. The van der Waals surface area contributed by atoms with Crippen LogP contribution in [0, 0.1) is 46.3 Å². The zero-order chi connectivity index (χ0) is 28.5. The van der Waals surface area contributed by atoms with E-state index >= 15 is 0 Å². The van der Waals surface area contributed by atoms with Gasteiger partial charge in [0.1, 0.15) is 12.2 Å². The van der Waals surface area contributed by atoms with Crippen molar-refractivity contribution in [3.8, 4) is 0 Å². The number of ether oxygens (including phenoxy) is 4. The Hall–Kier alpha value is -2.12. The molecule has 8 nitrogen and oxygen atoms in total. The Kier molecular flexibility index (Phi) is 9.02. The molecule has 0 aromatic carbocycles. The summed E-state index contributed by atoms with van der Waals surface area (Å²) in [7, 11) is 0. The summed E-state index contributed by atoms with van der Waals surface area (Å²) < 4.78 is 21.2. The van der Waals surface area contributed by atoms with Gasteiger partial charge in [-0.15, -0.1) is 0 Å². The lowest BCUT2D eigenvalue weighted by Crippen LogP contribution is -2.59. The van der Waals surface area contributed by atoms with Crippen molar-refractivity contribution in [3.63, 3.8) is 0 Å². The van der Waals surface area contributed by atoms with Gasteiger partial charge in [-0.1, -0.05) is 20.8 Å². The number of esters is 3. The minimum Gasteiger partial charge on any atom is -0.463 e. The molecule has 0 bridgehead atoms. The molecule has 0 radical (unpaired) electrons. The lowest BCUT2D eigenvalue weighted by molar-refractivity contribution is -0.197. The van der Waals surface area contributed by atoms with Crippen LogP contribution in [0.15, 0.2) is 0 Å². The van der Waals surface area contributed by atoms with Crippen LogP contribution < -0.4 is 0 Å². The van der Waals surface area contributed by atoms with E-state index in [9.17, 15) is 19.2 Å². The molecular weight excluding hydrogens is 500 g/mol. The maximum atomic E-state index is 12.3. The zero-order valence-corrected chi connectivity index (χ0v) is 24.7. The third kappa shape index (κ3) is 6.00. The van der Waals surface area contributed by atoms with Gasteiger partial charge in [0.15, 0.2) is 0 Å². The van der Waals surface area contributed by atoms with Gasteiger partial charge in [-0.05, 0) is 105 Å². The minimum absolute atomic E-state index is 0.0452. The molecular formula is C31H48O8. The highest BCUT2D eigenvalue weighted by Crippen LogP contribution is 2.68. The van der Waals surface area contributed by atoms with Crippen molar-refractivity contribution >= 4 is 24.1 Å². The van der Waals surface area contributed by atoms with Gasteiger partial charge in [0.05, 0.1) is 6.61 Å². The Morgan fingerprint density at radius 2 is 1.54 bits per heavy atom. The van der Waals surface area contributed by atoms with Crippen LogP contribution in [0.3, 0.4) is 0 Å². The summed E-state index contributed by atoms with van der Waals surface area (Å²) in [5, 5.41) is 0. The second kappa shape index (κ2) is 11.8. The van der Waals surface area contributed by atoms with Crippen LogP contribution >= 0.6 is 0 Å². The lowest BCUT2D eigenvalue weighted by Gasteiger charge is -2.62. The molecule has 10 atom stereocenters. The summed E-state index contributed by atoms with van der Waals surface area (Å²) >= 11 is 0. The number of carbonyl (C=O) groups excluding carboxylic acids is 4. The van der Waals surface area contributed by atoms with E-state index in [0.717, 1.165) is 51.4 Å². The van der Waals surface area contributed by atoms with Gasteiger partial charge in [0, 0.05) is 26.2 Å². The predicted molar refractivity (Wildman–Crippen MR) is 143 cm³/mol. The van der Waals surface area contributed by atoms with E-state index < -0.39 is 12.1 Å². The van der Waals surface area contributed by atoms with Crippen molar-refractivity contribution < 1.29 is 38.1 Å². The molecule has 0 aliphatic heterocycles. The molecule has 0 aromatic rings. The summed E-state index contributed by atoms with van der Waals surface area (Å²) in [6, 6.07) is 0. The van der Waals surface area contributed by atoms with Gasteiger partial charge in [-0.2, -0.15) is 0 Å². The molecule has 220 valence electrons. The van der Waals surface area contributed by atoms with Gasteiger partial charge < -0.3 is 18.9 Å². The van der Waals surface area contributed by atoms with Crippen molar-refractivity contribution in [1.82, 2.24) is 0 Å². The number of fused-ring (bicyclic) bond motifs is 5. The summed E-state index contributed by atoms with van der Waals surface area (Å²) in [5.41, 5.74) is 0.266. The fourth-order valence-electron chi connectivity index (χ4n) is 9.65. The molecule has 4 aliphatic carbocycles. The van der Waals surface area contributed by atoms with E-state index in [-0.39, 0.29) is 48.0 Å². The summed E-state index contributed by atoms with van der Waals surface area (Å²) in [4.78, 5) is 47.6. The highest BCUT2D eigenvalue weighted by atomic mass is 16.7. The smallest absolute Gasteiger partial charge is 0.463 e. The normalized spacial score (nSPS) is 39.8. The van der Waals surface area contributed by atoms with Crippen LogP contribution in [-0.4, -0.2) is 42.9 Å². The van der Waals surface area contributed by atoms with Crippen LogP contribution in [0.2, 0.25) is 0 Å². The first-order chi connectivity index (χ1) is 18.4. The monoisotopic (exact) mass is 548 g/mol. The first kappa shape index (κ1) is 29.9. The van der Waals surface area contributed by atoms with Crippen LogP contribution in [0.25, 0.3) is 0 Å². The van der Waals surface area contributed by atoms with Gasteiger partial charge in [0.25, 0.3) is 0 Å². The Balaban J connectivity index is 1.49. The maximum Gasteiger partial charge on any atom is 0.516 e. The van der Waals surface area contributed by atoms with Crippen molar-refractivity contribution in [3.05, 3.63) is 0 Å². The van der Waals surface area contributed by atoms with Crippen molar-refractivity contribution in [2.75, 3.05) is 6.61 Å². The quantitative estimate of drug-likeness (QED) is 0.209. The lowest BCUT2D eigenvalue weighted by atomic mass is 9.43. The molecule has 0 saturated heterocycles. The largest absolute Gasteiger partial charge is 0.516 e. The van der Waals surface area contributed by atoms with Gasteiger partial charge in [-0.3, -0.25) is 14.4 Å². The van der Waals surface area contributed by atoms with Crippen LogP contribution in [-0.2, 0) is 33.3 Å². The van der Waals surface area contributed by atoms with E-state index in [4.69, 9.17) is 18.9 Å². The predicted octanol–water partition coefficient (Wildman–Crippen LogP) is 6.23. The van der Waals surface area contributed by atoms with Crippen LogP contribution in [0.4, 0.5) is 4.79 Å². The zero-order valence-electron chi connectivity index (χ0n) is 24.7. The molecule has 4 fully saturated rings. The number of hydrogen-bond acceptors (Lipinski definition) is 8. The van der Waals surface area contributed by atoms with E-state index in [1.807, 2.05) is 0 Å². The van der Waals surface area contributed by atoms with Crippen molar-refractivity contribution in [2.24, 2.45) is 46.3 Å². The third-order valence-electron chi connectivity index (χ3n) is 11.3. The molecule has 39 heavy (non-hydrogen) atoms. The number of hydrogen-bond donors (Lipinski definition) is 0. The fraction of sp³-hybridized carbons (Fsp3) is 0.871. The Morgan fingerprint density at radius 3 is 2.21 bits per heavy atom. The Bertz CT molecular complexity index is 947. The topological polar surface area (TPSA) is 105 Å². The van der Waals surface area contributed by atoms with Gasteiger partial charge in [0.2, 0.25) is 0 Å². The SMILES string of the molecule is CCOC(=O)OC(=O)CC[C@@H](C)[C@H]1CC[C@H]2[C@@H]3[C@H](OC(C)=O)C[C@@H]4C[C@H](OC(C)=O)CC[C@]4(C)[C@H]3CC[C@]12C. The second-order valence-corrected chi connectivity index (χ2v) is 13.3. The highest BCUT2D eigenvalue weighted by molar-refractivity contribution is 5.81. The van der Waals surface area contributed by atoms with E-state index in [1.165, 1.54) is 13.8 Å². The van der Waals surface area contributed by atoms with Gasteiger partial charge >= 0.3 is 24.1 Å². The van der Waals surface area contributed by atoms with E-state index in [2.05, 4.69) is 20.8 Å². The van der Waals surface area contributed by atoms with E-state index in [1.54, 1.807) is 6.92 Å². The molecule has 4 rings (SSSR count). The first-order valence-corrected chi connectivity index (χ1v) is 15.1. The second-order valence-electron chi connectivity index (χ2n) is 13.3. The van der Waals surface area contributed by atoms with Gasteiger partial charge in [-0.25, -0.2) is 4.79 Å². The van der Waals surface area contributed by atoms with Crippen molar-refractivity contribution in [1.29, 1.82) is 0 Å². The molecule has 0 unspecified atom stereocenters. The Labute approximate surface area is 233 Å². The maximum absolute atomic E-state index is 12.3. The Morgan fingerprint density at radius 1 is 0.872 bits per heavy atom. The number of rotatable bonds is 7. The van der Waals surface area contributed by atoms with Crippen LogP contribution in [0.1, 0.15) is 106 Å². The summed E-state index contributed by atoms with van der Waals surface area (Å²) in [5.74, 6) is 1.43. The average Bonchev–Trinajstić information content (AvgIpc) is 3.20. The third-order valence-corrected chi connectivity index (χ3v) is 11.3. The molecule has 0 heterocycles. The van der Waals surface area contributed by atoms with Crippen molar-refractivity contribution in [2.45, 2.75) is 118 Å². The molecule has 4 saturated carbocycles. The highest BCUT2D eigenvalue weighted by Gasteiger charge is 2.64. The van der Waals surface area contributed by atoms with E-state index in [0.29, 0.717) is 41.9 Å². The molecule has 0 amide bonds. The number of carbonyl (C=O) groups is 4. The molecule has 8 heteroatoms. The van der Waals surface area contributed by atoms with Crippen LogP contribution in [0.5, 0.6) is 0 Å². The summed E-state index contributed by atoms with van der Waals surface area (Å²) in [6.07, 6.45) is 7.84. The summed E-state index contributed by atoms with van der Waals surface area (Å²) in [6.45, 7) is 11.9.